The minimum atomic E-state index is 0.129. The van der Waals surface area contributed by atoms with E-state index in [-0.39, 0.29) is 11.7 Å². The Morgan fingerprint density at radius 1 is 1.20 bits per heavy atom. The molecule has 0 aromatic carbocycles. The molecule has 0 atom stereocenters. The van der Waals surface area contributed by atoms with Crippen LogP contribution < -0.4 is 0 Å². The highest BCUT2D eigenvalue weighted by atomic mass is 35.5. The molecule has 0 N–H and O–H groups in total. The Morgan fingerprint density at radius 2 is 1.87 bits per heavy atom. The fraction of sp³-hybridized carbons (Fsp3) is 0.583. The molecule has 0 radical (unpaired) electrons. The summed E-state index contributed by atoms with van der Waals surface area (Å²) in [7, 11) is 0. The van der Waals surface area contributed by atoms with Crippen LogP contribution in [-0.2, 0) is 0 Å². The van der Waals surface area contributed by atoms with Crippen LogP contribution in [0.4, 0.5) is 0 Å². The quantitative estimate of drug-likeness (QED) is 0.562. The summed E-state index contributed by atoms with van der Waals surface area (Å²) >= 11 is 5.66. The number of hydrogen-bond donors (Lipinski definition) is 0. The Hall–Kier alpha value is -0.760. The molecular weight excluding hydrogens is 212 g/mol. The number of carbonyl (C=O) groups is 1. The Bertz CT molecular complexity index is 335. The van der Waals surface area contributed by atoms with Crippen molar-refractivity contribution >= 4 is 17.4 Å². The van der Waals surface area contributed by atoms with Gasteiger partial charge in [0.15, 0.2) is 11.0 Å². The molecule has 82 valence electrons. The van der Waals surface area contributed by atoms with E-state index in [0.717, 1.165) is 25.7 Å². The second-order valence-electron chi connectivity index (χ2n) is 4.16. The van der Waals surface area contributed by atoms with Gasteiger partial charge >= 0.3 is 0 Å². The number of Topliss-reactive ketones (excluding diaryl/α,β-unsaturated/α-hetero) is 1. The minimum absolute atomic E-state index is 0.129. The van der Waals surface area contributed by atoms with E-state index in [9.17, 15) is 4.79 Å². The second kappa shape index (κ2) is 4.84. The lowest BCUT2D eigenvalue weighted by Crippen LogP contribution is -2.13. The van der Waals surface area contributed by atoms with E-state index in [0.29, 0.717) is 11.0 Å². The number of hydrogen-bond acceptors (Lipinski definition) is 2. The van der Waals surface area contributed by atoms with E-state index in [1.807, 2.05) is 0 Å². The molecule has 3 heteroatoms. The van der Waals surface area contributed by atoms with E-state index in [1.165, 1.54) is 12.8 Å². The molecule has 1 aromatic heterocycles. The molecule has 0 bridgehead atoms. The van der Waals surface area contributed by atoms with Crippen molar-refractivity contribution in [3.63, 3.8) is 0 Å². The molecule has 2 rings (SSSR count). The van der Waals surface area contributed by atoms with Crippen LogP contribution in [0.3, 0.4) is 0 Å². The third-order valence-electron chi connectivity index (χ3n) is 3.04. The molecule has 1 aromatic rings. The molecule has 15 heavy (non-hydrogen) atoms. The van der Waals surface area contributed by atoms with Gasteiger partial charge in [0, 0.05) is 5.92 Å². The molecule has 0 saturated heterocycles. The smallest absolute Gasteiger partial charge is 0.201 e. The van der Waals surface area contributed by atoms with E-state index < -0.39 is 0 Å². The van der Waals surface area contributed by atoms with Crippen molar-refractivity contribution in [2.75, 3.05) is 0 Å². The summed E-state index contributed by atoms with van der Waals surface area (Å²) in [6, 6.07) is 3.31. The van der Waals surface area contributed by atoms with Gasteiger partial charge in [-0.3, -0.25) is 4.79 Å². The average Bonchev–Trinajstić information content (AvgIpc) is 2.53. The summed E-state index contributed by atoms with van der Waals surface area (Å²) in [5.41, 5.74) is 0. The Balaban J connectivity index is 2.06. The molecule has 0 aliphatic heterocycles. The topological polar surface area (TPSA) is 30.2 Å². The Labute approximate surface area is 94.6 Å². The van der Waals surface area contributed by atoms with Crippen molar-refractivity contribution in [3.8, 4) is 0 Å². The summed E-state index contributed by atoms with van der Waals surface area (Å²) < 4.78 is 5.16. The molecule has 1 aliphatic carbocycles. The predicted molar refractivity (Wildman–Crippen MR) is 59.2 cm³/mol. The van der Waals surface area contributed by atoms with Crippen LogP contribution in [0.5, 0.6) is 0 Å². The molecule has 1 aliphatic rings. The van der Waals surface area contributed by atoms with Crippen molar-refractivity contribution in [1.82, 2.24) is 0 Å². The van der Waals surface area contributed by atoms with Gasteiger partial charge in [-0.05, 0) is 36.6 Å². The van der Waals surface area contributed by atoms with Gasteiger partial charge in [-0.1, -0.05) is 25.7 Å². The Morgan fingerprint density at radius 3 is 2.40 bits per heavy atom. The minimum Gasteiger partial charge on any atom is -0.442 e. The zero-order chi connectivity index (χ0) is 10.7. The molecule has 0 amide bonds. The van der Waals surface area contributed by atoms with Gasteiger partial charge in [0.1, 0.15) is 0 Å². The first kappa shape index (κ1) is 10.7. The standard InChI is InChI=1S/C12H15ClO2/c13-11-8-7-10(15-11)12(14)9-5-3-1-2-4-6-9/h7-9H,1-6H2. The maximum atomic E-state index is 12.0. The fourth-order valence-electron chi connectivity index (χ4n) is 2.19. The number of furan rings is 1. The first-order valence-electron chi connectivity index (χ1n) is 5.57. The van der Waals surface area contributed by atoms with Crippen LogP contribution in [0.25, 0.3) is 0 Å². The maximum Gasteiger partial charge on any atom is 0.201 e. The fourth-order valence-corrected chi connectivity index (χ4v) is 2.34. The highest BCUT2D eigenvalue weighted by molar-refractivity contribution is 6.29. The summed E-state index contributed by atoms with van der Waals surface area (Å²) in [6.45, 7) is 0. The van der Waals surface area contributed by atoms with Crippen LogP contribution in [0.1, 0.15) is 49.1 Å². The molecule has 2 nitrogen and oxygen atoms in total. The normalized spacial score (nSPS) is 18.7. The van der Waals surface area contributed by atoms with Crippen molar-refractivity contribution in [3.05, 3.63) is 23.1 Å². The highest BCUT2D eigenvalue weighted by Crippen LogP contribution is 2.27. The summed E-state index contributed by atoms with van der Waals surface area (Å²) in [4.78, 5) is 12.0. The molecule has 1 fully saturated rings. The molecule has 0 spiro atoms. The highest BCUT2D eigenvalue weighted by Gasteiger charge is 2.23. The third-order valence-corrected chi connectivity index (χ3v) is 3.25. The van der Waals surface area contributed by atoms with E-state index in [2.05, 4.69) is 0 Å². The predicted octanol–water partition coefficient (Wildman–Crippen LogP) is 4.09. The molecule has 1 heterocycles. The van der Waals surface area contributed by atoms with Crippen LogP contribution >= 0.6 is 11.6 Å². The van der Waals surface area contributed by atoms with Crippen LogP contribution in [0, 0.1) is 5.92 Å². The molecule has 1 saturated carbocycles. The first-order valence-corrected chi connectivity index (χ1v) is 5.95. The van der Waals surface area contributed by atoms with Crippen LogP contribution in [0.2, 0.25) is 5.22 Å². The average molecular weight is 227 g/mol. The van der Waals surface area contributed by atoms with Gasteiger partial charge in [0.05, 0.1) is 0 Å². The van der Waals surface area contributed by atoms with Crippen molar-refractivity contribution in [1.29, 1.82) is 0 Å². The summed E-state index contributed by atoms with van der Waals surface area (Å²) in [6.07, 6.45) is 6.81. The lowest BCUT2D eigenvalue weighted by atomic mass is 9.94. The van der Waals surface area contributed by atoms with Gasteiger partial charge in [0.2, 0.25) is 5.78 Å². The van der Waals surface area contributed by atoms with Crippen molar-refractivity contribution < 1.29 is 9.21 Å². The lowest BCUT2D eigenvalue weighted by molar-refractivity contribution is 0.0879. The number of rotatable bonds is 2. The van der Waals surface area contributed by atoms with Crippen LogP contribution in [0.15, 0.2) is 16.5 Å². The molecule has 0 unspecified atom stereocenters. The largest absolute Gasteiger partial charge is 0.442 e. The Kier molecular flexibility index (Phi) is 3.47. The molecular formula is C12H15ClO2. The number of carbonyl (C=O) groups excluding carboxylic acids is 1. The second-order valence-corrected chi connectivity index (χ2v) is 4.53. The van der Waals surface area contributed by atoms with E-state index in [4.69, 9.17) is 16.0 Å². The van der Waals surface area contributed by atoms with Crippen molar-refractivity contribution in [2.45, 2.75) is 38.5 Å². The van der Waals surface area contributed by atoms with Gasteiger partial charge in [-0.25, -0.2) is 0 Å². The van der Waals surface area contributed by atoms with Gasteiger partial charge in [0.25, 0.3) is 0 Å². The maximum absolute atomic E-state index is 12.0. The SMILES string of the molecule is O=C(c1ccc(Cl)o1)C1CCCCCC1. The zero-order valence-corrected chi connectivity index (χ0v) is 9.43. The van der Waals surface area contributed by atoms with Crippen molar-refractivity contribution in [2.24, 2.45) is 5.92 Å². The van der Waals surface area contributed by atoms with E-state index in [1.54, 1.807) is 12.1 Å². The summed E-state index contributed by atoms with van der Waals surface area (Å²) in [5, 5.41) is 0.298. The van der Waals surface area contributed by atoms with Gasteiger partial charge in [-0.2, -0.15) is 0 Å². The summed E-state index contributed by atoms with van der Waals surface area (Å²) in [5.74, 6) is 0.699. The van der Waals surface area contributed by atoms with Crippen LogP contribution in [-0.4, -0.2) is 5.78 Å². The van der Waals surface area contributed by atoms with Gasteiger partial charge in [-0.15, -0.1) is 0 Å². The third kappa shape index (κ3) is 2.63. The number of halogens is 1. The first-order chi connectivity index (χ1) is 7.27. The van der Waals surface area contributed by atoms with E-state index >= 15 is 0 Å². The number of ketones is 1. The monoisotopic (exact) mass is 226 g/mol. The lowest BCUT2D eigenvalue weighted by Gasteiger charge is -2.09. The van der Waals surface area contributed by atoms with Gasteiger partial charge < -0.3 is 4.42 Å². The zero-order valence-electron chi connectivity index (χ0n) is 8.67.